The average Bonchev–Trinajstić information content (AvgIpc) is 2.80. The third-order valence-corrected chi connectivity index (χ3v) is 5.07. The Morgan fingerprint density at radius 1 is 0.933 bits per heavy atom. The molecule has 8 heteroatoms. The number of carbonyl (C=O) groups is 2. The Morgan fingerprint density at radius 2 is 1.67 bits per heavy atom. The Kier molecular flexibility index (Phi) is 7.51. The molecule has 160 valence electrons. The molecule has 0 bridgehead atoms. The van der Waals surface area contributed by atoms with Crippen LogP contribution in [0.1, 0.15) is 0 Å². The Bertz CT molecular complexity index is 851. The fourth-order valence-electron chi connectivity index (χ4n) is 3.37. The highest BCUT2D eigenvalue weighted by molar-refractivity contribution is 6.39. The van der Waals surface area contributed by atoms with Gasteiger partial charge in [0.25, 0.3) is 0 Å². The second-order valence-electron chi connectivity index (χ2n) is 6.94. The highest BCUT2D eigenvalue weighted by Crippen LogP contribution is 2.28. The minimum absolute atomic E-state index is 0.383. The van der Waals surface area contributed by atoms with E-state index in [0.29, 0.717) is 30.3 Å². The zero-order chi connectivity index (χ0) is 21.3. The molecule has 1 fully saturated rings. The molecule has 0 aliphatic carbocycles. The van der Waals surface area contributed by atoms with Crippen molar-refractivity contribution in [2.45, 2.75) is 0 Å². The van der Waals surface area contributed by atoms with Gasteiger partial charge in [-0.1, -0.05) is 18.2 Å². The van der Waals surface area contributed by atoms with Gasteiger partial charge in [0.05, 0.1) is 19.9 Å². The lowest BCUT2D eigenvalue weighted by molar-refractivity contribution is -0.136. The van der Waals surface area contributed by atoms with Crippen LogP contribution in [0, 0.1) is 0 Å². The van der Waals surface area contributed by atoms with Crippen molar-refractivity contribution < 1.29 is 19.1 Å². The second-order valence-corrected chi connectivity index (χ2v) is 6.94. The molecule has 2 aromatic carbocycles. The van der Waals surface area contributed by atoms with Crippen LogP contribution in [0.3, 0.4) is 0 Å². The molecule has 0 aromatic heterocycles. The molecule has 0 saturated carbocycles. The van der Waals surface area contributed by atoms with Crippen molar-refractivity contribution in [3.8, 4) is 11.5 Å². The number of rotatable bonds is 7. The van der Waals surface area contributed by atoms with Crippen LogP contribution in [0.5, 0.6) is 11.5 Å². The van der Waals surface area contributed by atoms with Crippen LogP contribution < -0.4 is 25.0 Å². The molecule has 3 rings (SSSR count). The maximum atomic E-state index is 12.2. The number of hydrogen-bond acceptors (Lipinski definition) is 6. The molecule has 0 unspecified atom stereocenters. The van der Waals surface area contributed by atoms with Gasteiger partial charge in [0.1, 0.15) is 11.5 Å². The highest BCUT2D eigenvalue weighted by Gasteiger charge is 2.19. The number of para-hydroxylation sites is 1. The van der Waals surface area contributed by atoms with E-state index < -0.39 is 11.8 Å². The van der Waals surface area contributed by atoms with Gasteiger partial charge in [0.15, 0.2) is 0 Å². The van der Waals surface area contributed by atoms with Crippen LogP contribution in [-0.4, -0.2) is 70.2 Å². The minimum atomic E-state index is -0.740. The normalized spacial score (nSPS) is 14.1. The van der Waals surface area contributed by atoms with E-state index in [2.05, 4.69) is 32.6 Å². The summed E-state index contributed by atoms with van der Waals surface area (Å²) in [5, 5.41) is 5.25. The molecule has 1 heterocycles. The number of hydrogen-bond donors (Lipinski definition) is 2. The maximum absolute atomic E-state index is 12.2. The van der Waals surface area contributed by atoms with Crippen molar-refractivity contribution in [3.05, 3.63) is 48.5 Å². The molecule has 0 radical (unpaired) electrons. The number of benzene rings is 2. The standard InChI is InChI=1S/C22H28N4O4/c1-29-18-8-9-20(30-2)19(16-18)24-22(28)21(27)23-10-11-25-12-14-26(15-13-25)17-6-4-3-5-7-17/h3-9,16H,10-15H2,1-2H3,(H,23,27)(H,24,28). The molecule has 8 nitrogen and oxygen atoms in total. The van der Waals surface area contributed by atoms with Crippen molar-refractivity contribution in [1.29, 1.82) is 0 Å². The van der Waals surface area contributed by atoms with Crippen LogP contribution in [-0.2, 0) is 9.59 Å². The zero-order valence-electron chi connectivity index (χ0n) is 17.4. The summed E-state index contributed by atoms with van der Waals surface area (Å²) in [6.07, 6.45) is 0. The van der Waals surface area contributed by atoms with Gasteiger partial charge in [-0.05, 0) is 24.3 Å². The fraction of sp³-hybridized carbons (Fsp3) is 0.364. The summed E-state index contributed by atoms with van der Waals surface area (Å²) < 4.78 is 10.4. The molecule has 1 aliphatic heterocycles. The van der Waals surface area contributed by atoms with Gasteiger partial charge in [-0.3, -0.25) is 14.5 Å². The lowest BCUT2D eigenvalue weighted by Crippen LogP contribution is -2.49. The topological polar surface area (TPSA) is 83.1 Å². The molecule has 0 spiro atoms. The van der Waals surface area contributed by atoms with E-state index in [-0.39, 0.29) is 0 Å². The Morgan fingerprint density at radius 3 is 2.33 bits per heavy atom. The highest BCUT2D eigenvalue weighted by atomic mass is 16.5. The number of carbonyl (C=O) groups excluding carboxylic acids is 2. The Balaban J connectivity index is 1.41. The van der Waals surface area contributed by atoms with E-state index >= 15 is 0 Å². The van der Waals surface area contributed by atoms with Crippen molar-refractivity contribution in [2.75, 3.05) is 63.7 Å². The Hall–Kier alpha value is -3.26. The van der Waals surface area contributed by atoms with E-state index in [4.69, 9.17) is 9.47 Å². The van der Waals surface area contributed by atoms with E-state index in [1.807, 2.05) is 18.2 Å². The van der Waals surface area contributed by atoms with Gasteiger partial charge in [-0.25, -0.2) is 0 Å². The molecule has 1 aliphatic rings. The molecule has 0 atom stereocenters. The van der Waals surface area contributed by atoms with E-state index in [0.717, 1.165) is 26.2 Å². The molecule has 2 N–H and O–H groups in total. The number of ether oxygens (including phenoxy) is 2. The first kappa shape index (κ1) is 21.4. The maximum Gasteiger partial charge on any atom is 0.313 e. The van der Waals surface area contributed by atoms with E-state index in [9.17, 15) is 9.59 Å². The number of nitrogens with one attached hydrogen (secondary N) is 2. The zero-order valence-corrected chi connectivity index (χ0v) is 17.4. The summed E-state index contributed by atoms with van der Waals surface area (Å²) >= 11 is 0. The molecule has 2 aromatic rings. The van der Waals surface area contributed by atoms with Gasteiger partial charge in [-0.2, -0.15) is 0 Å². The van der Waals surface area contributed by atoms with Crippen LogP contribution >= 0.6 is 0 Å². The fourth-order valence-corrected chi connectivity index (χ4v) is 3.37. The van der Waals surface area contributed by atoms with Crippen LogP contribution in [0.4, 0.5) is 11.4 Å². The molecular weight excluding hydrogens is 384 g/mol. The quantitative estimate of drug-likeness (QED) is 0.672. The second kappa shape index (κ2) is 10.5. The minimum Gasteiger partial charge on any atom is -0.497 e. The smallest absolute Gasteiger partial charge is 0.313 e. The molecule has 2 amide bonds. The van der Waals surface area contributed by atoms with Gasteiger partial charge in [0.2, 0.25) is 0 Å². The van der Waals surface area contributed by atoms with Gasteiger partial charge in [-0.15, -0.1) is 0 Å². The lowest BCUT2D eigenvalue weighted by Gasteiger charge is -2.36. The first-order valence-corrected chi connectivity index (χ1v) is 9.94. The summed E-state index contributed by atoms with van der Waals surface area (Å²) in [6, 6.07) is 15.3. The summed E-state index contributed by atoms with van der Waals surface area (Å²) in [7, 11) is 3.02. The summed E-state index contributed by atoms with van der Waals surface area (Å²) in [6.45, 7) is 4.81. The molecule has 1 saturated heterocycles. The number of anilines is 2. The largest absolute Gasteiger partial charge is 0.497 e. The SMILES string of the molecule is COc1ccc(OC)c(NC(=O)C(=O)NCCN2CCN(c3ccccc3)CC2)c1. The van der Waals surface area contributed by atoms with Gasteiger partial charge < -0.3 is 25.0 Å². The van der Waals surface area contributed by atoms with Crippen molar-refractivity contribution in [3.63, 3.8) is 0 Å². The van der Waals surface area contributed by atoms with E-state index in [1.54, 1.807) is 18.2 Å². The van der Waals surface area contributed by atoms with Crippen LogP contribution in [0.15, 0.2) is 48.5 Å². The first-order chi connectivity index (χ1) is 14.6. The average molecular weight is 412 g/mol. The summed E-state index contributed by atoms with van der Waals surface area (Å²) in [4.78, 5) is 29.0. The van der Waals surface area contributed by atoms with Gasteiger partial charge in [0, 0.05) is 51.0 Å². The van der Waals surface area contributed by atoms with Crippen LogP contribution in [0.2, 0.25) is 0 Å². The predicted molar refractivity (Wildman–Crippen MR) is 116 cm³/mol. The molecular formula is C22H28N4O4. The third kappa shape index (κ3) is 5.64. The van der Waals surface area contributed by atoms with Crippen molar-refractivity contribution >= 4 is 23.2 Å². The van der Waals surface area contributed by atoms with E-state index in [1.165, 1.54) is 19.9 Å². The van der Waals surface area contributed by atoms with Crippen LogP contribution in [0.25, 0.3) is 0 Å². The van der Waals surface area contributed by atoms with Gasteiger partial charge >= 0.3 is 11.8 Å². The third-order valence-electron chi connectivity index (χ3n) is 5.07. The Labute approximate surface area is 176 Å². The number of nitrogens with zero attached hydrogens (tertiary/aromatic N) is 2. The predicted octanol–water partition coefficient (Wildman–Crippen LogP) is 1.58. The summed E-state index contributed by atoms with van der Waals surface area (Å²) in [5.74, 6) is -0.410. The molecule has 30 heavy (non-hydrogen) atoms. The first-order valence-electron chi connectivity index (χ1n) is 9.94. The monoisotopic (exact) mass is 412 g/mol. The summed E-state index contributed by atoms with van der Waals surface area (Å²) in [5.41, 5.74) is 1.61. The number of amides is 2. The van der Waals surface area contributed by atoms with Crippen molar-refractivity contribution in [1.82, 2.24) is 10.2 Å². The lowest BCUT2D eigenvalue weighted by atomic mass is 10.2. The number of methoxy groups -OCH3 is 2. The van der Waals surface area contributed by atoms with Crippen molar-refractivity contribution in [2.24, 2.45) is 0 Å². The number of piperazine rings is 1.